The molecule has 1 heterocycles. The molecule has 0 bridgehead atoms. The van der Waals surface area contributed by atoms with Crippen molar-refractivity contribution in [2.75, 3.05) is 6.54 Å². The van der Waals surface area contributed by atoms with Crippen LogP contribution in [0.5, 0.6) is 0 Å². The summed E-state index contributed by atoms with van der Waals surface area (Å²) in [5.74, 6) is 0. The Kier molecular flexibility index (Phi) is 6.44. The molecule has 0 spiro atoms. The number of hydrogen-bond donors (Lipinski definition) is 1. The molecule has 0 fully saturated rings. The first-order valence-electron chi connectivity index (χ1n) is 7.24. The summed E-state index contributed by atoms with van der Waals surface area (Å²) < 4.78 is 3.03. The Balaban J connectivity index is 2.37. The number of aromatic nitrogens is 3. The molecule has 0 amide bonds. The van der Waals surface area contributed by atoms with Crippen LogP contribution < -0.4 is 5.32 Å². The molecule has 114 valence electrons. The van der Waals surface area contributed by atoms with Crippen molar-refractivity contribution in [1.29, 1.82) is 0 Å². The Bertz CT molecular complexity index is 585. The van der Waals surface area contributed by atoms with Crippen LogP contribution in [0.2, 0.25) is 5.02 Å². The van der Waals surface area contributed by atoms with E-state index < -0.39 is 0 Å². The van der Waals surface area contributed by atoms with E-state index in [-0.39, 0.29) is 6.04 Å². The lowest BCUT2D eigenvalue weighted by molar-refractivity contribution is 0.504. The van der Waals surface area contributed by atoms with Crippen LogP contribution in [-0.4, -0.2) is 21.5 Å². The molecule has 0 saturated carbocycles. The maximum Gasteiger partial charge on any atom is 0.0802 e. The van der Waals surface area contributed by atoms with E-state index in [1.807, 2.05) is 23.0 Å². The van der Waals surface area contributed by atoms with Gasteiger partial charge in [0.2, 0.25) is 0 Å². The number of rotatable bonds is 7. The molecule has 1 aromatic heterocycles. The van der Waals surface area contributed by atoms with Gasteiger partial charge in [0, 0.05) is 10.1 Å². The van der Waals surface area contributed by atoms with E-state index in [9.17, 15) is 0 Å². The molecule has 1 aromatic carbocycles. The van der Waals surface area contributed by atoms with Gasteiger partial charge in [-0.05, 0) is 59.7 Å². The van der Waals surface area contributed by atoms with E-state index >= 15 is 0 Å². The fraction of sp³-hybridized carbons (Fsp3) is 0.467. The van der Waals surface area contributed by atoms with Gasteiger partial charge in [-0.25, -0.2) is 4.68 Å². The molecular weight excluding hydrogens is 399 g/mol. The van der Waals surface area contributed by atoms with Crippen molar-refractivity contribution in [2.24, 2.45) is 0 Å². The van der Waals surface area contributed by atoms with Crippen molar-refractivity contribution in [1.82, 2.24) is 20.3 Å². The number of nitrogens with one attached hydrogen (secondary N) is 1. The molecule has 2 rings (SSSR count). The molecule has 0 radical (unpaired) electrons. The van der Waals surface area contributed by atoms with Crippen molar-refractivity contribution in [2.45, 2.75) is 39.3 Å². The minimum absolute atomic E-state index is 0.0704. The molecule has 21 heavy (non-hydrogen) atoms. The van der Waals surface area contributed by atoms with Gasteiger partial charge in [0.1, 0.15) is 0 Å². The van der Waals surface area contributed by atoms with Gasteiger partial charge in [-0.1, -0.05) is 36.7 Å². The van der Waals surface area contributed by atoms with Crippen LogP contribution in [0.15, 0.2) is 24.4 Å². The van der Waals surface area contributed by atoms with Gasteiger partial charge in [0.05, 0.1) is 23.0 Å². The highest BCUT2D eigenvalue weighted by Crippen LogP contribution is 2.27. The average Bonchev–Trinajstić information content (AvgIpc) is 2.92. The third-order valence-electron chi connectivity index (χ3n) is 3.25. The van der Waals surface area contributed by atoms with Crippen LogP contribution in [0.1, 0.15) is 44.0 Å². The molecule has 0 aliphatic heterocycles. The topological polar surface area (TPSA) is 42.7 Å². The van der Waals surface area contributed by atoms with Crippen molar-refractivity contribution in [3.05, 3.63) is 44.2 Å². The Morgan fingerprint density at radius 2 is 2.14 bits per heavy atom. The molecule has 0 aliphatic carbocycles. The Morgan fingerprint density at radius 3 is 2.81 bits per heavy atom. The highest BCUT2D eigenvalue weighted by Gasteiger charge is 2.19. The van der Waals surface area contributed by atoms with Crippen molar-refractivity contribution in [3.8, 4) is 0 Å². The molecule has 0 saturated heterocycles. The maximum absolute atomic E-state index is 6.28. The van der Waals surface area contributed by atoms with Gasteiger partial charge in [0.15, 0.2) is 0 Å². The van der Waals surface area contributed by atoms with Crippen LogP contribution in [0.4, 0.5) is 0 Å². The first kappa shape index (κ1) is 16.7. The second kappa shape index (κ2) is 8.10. The molecular formula is C15H20ClIN4. The second-order valence-corrected chi connectivity index (χ2v) is 6.51. The number of aryl methyl sites for hydroxylation is 1. The first-order chi connectivity index (χ1) is 10.2. The molecule has 1 N–H and O–H groups in total. The highest BCUT2D eigenvalue weighted by atomic mass is 127. The van der Waals surface area contributed by atoms with Crippen LogP contribution >= 0.6 is 34.2 Å². The largest absolute Gasteiger partial charge is 0.305 e. The number of halogens is 2. The number of hydrogen-bond acceptors (Lipinski definition) is 3. The van der Waals surface area contributed by atoms with Crippen LogP contribution in [0.3, 0.4) is 0 Å². The van der Waals surface area contributed by atoms with Gasteiger partial charge in [-0.3, -0.25) is 0 Å². The number of benzene rings is 1. The normalized spacial score (nSPS) is 12.6. The van der Waals surface area contributed by atoms with E-state index in [0.717, 1.165) is 45.8 Å². The minimum Gasteiger partial charge on any atom is -0.305 e. The molecule has 6 heteroatoms. The van der Waals surface area contributed by atoms with E-state index in [1.165, 1.54) is 0 Å². The first-order valence-corrected chi connectivity index (χ1v) is 8.69. The van der Waals surface area contributed by atoms with E-state index in [4.69, 9.17) is 11.6 Å². The lowest BCUT2D eigenvalue weighted by Gasteiger charge is -2.20. The fourth-order valence-electron chi connectivity index (χ4n) is 2.25. The monoisotopic (exact) mass is 418 g/mol. The van der Waals surface area contributed by atoms with Crippen LogP contribution in [0, 0.1) is 3.57 Å². The zero-order valence-corrected chi connectivity index (χ0v) is 15.2. The lowest BCUT2D eigenvalue weighted by Crippen LogP contribution is -2.26. The smallest absolute Gasteiger partial charge is 0.0802 e. The molecule has 2 aromatic rings. The predicted octanol–water partition coefficient (Wildman–Crippen LogP) is 4.04. The number of nitrogens with zero attached hydrogens (tertiary/aromatic N) is 3. The third-order valence-corrected chi connectivity index (χ3v) is 4.83. The van der Waals surface area contributed by atoms with Gasteiger partial charge in [-0.2, -0.15) is 0 Å². The van der Waals surface area contributed by atoms with Gasteiger partial charge in [0.25, 0.3) is 0 Å². The highest BCUT2D eigenvalue weighted by molar-refractivity contribution is 14.1. The van der Waals surface area contributed by atoms with Crippen molar-refractivity contribution >= 4 is 34.2 Å². The Morgan fingerprint density at radius 1 is 1.33 bits per heavy atom. The van der Waals surface area contributed by atoms with Gasteiger partial charge < -0.3 is 5.32 Å². The predicted molar refractivity (Wildman–Crippen MR) is 94.6 cm³/mol. The summed E-state index contributed by atoms with van der Waals surface area (Å²) in [6, 6.07) is 6.26. The summed E-state index contributed by atoms with van der Waals surface area (Å²) in [5.41, 5.74) is 2.23. The summed E-state index contributed by atoms with van der Waals surface area (Å²) in [6.45, 7) is 6.11. The standard InChI is InChI=1S/C15H20ClIN4/c1-3-7-18-15(11-5-6-13(17)12(16)9-11)14-10-19-20-21(14)8-4-2/h5-6,9-10,15,18H,3-4,7-8H2,1-2H3. The summed E-state index contributed by atoms with van der Waals surface area (Å²) in [5, 5.41) is 12.6. The maximum atomic E-state index is 6.28. The average molecular weight is 419 g/mol. The zero-order valence-electron chi connectivity index (χ0n) is 12.3. The van der Waals surface area contributed by atoms with E-state index in [1.54, 1.807) is 0 Å². The summed E-state index contributed by atoms with van der Waals surface area (Å²) in [6.07, 6.45) is 3.95. The van der Waals surface area contributed by atoms with Crippen molar-refractivity contribution in [3.63, 3.8) is 0 Å². The molecule has 1 atom stereocenters. The Hall–Kier alpha value is -0.660. The summed E-state index contributed by atoms with van der Waals surface area (Å²) >= 11 is 8.53. The molecule has 0 aliphatic rings. The van der Waals surface area contributed by atoms with E-state index in [2.05, 4.69) is 58.1 Å². The Labute approximate surface area is 144 Å². The lowest BCUT2D eigenvalue weighted by atomic mass is 10.0. The van der Waals surface area contributed by atoms with Gasteiger partial charge in [-0.15, -0.1) is 5.10 Å². The van der Waals surface area contributed by atoms with Gasteiger partial charge >= 0.3 is 0 Å². The zero-order chi connectivity index (χ0) is 15.2. The van der Waals surface area contributed by atoms with Crippen molar-refractivity contribution < 1.29 is 0 Å². The minimum atomic E-state index is 0.0704. The molecule has 4 nitrogen and oxygen atoms in total. The SMILES string of the molecule is CCCNC(c1ccc(I)c(Cl)c1)c1cnnn1CCC. The van der Waals surface area contributed by atoms with Crippen LogP contribution in [-0.2, 0) is 6.54 Å². The third kappa shape index (κ3) is 4.17. The van der Waals surface area contributed by atoms with E-state index in [0.29, 0.717) is 0 Å². The second-order valence-electron chi connectivity index (χ2n) is 4.94. The summed E-state index contributed by atoms with van der Waals surface area (Å²) in [7, 11) is 0. The van der Waals surface area contributed by atoms with Crippen LogP contribution in [0.25, 0.3) is 0 Å². The summed E-state index contributed by atoms with van der Waals surface area (Å²) in [4.78, 5) is 0. The fourth-order valence-corrected chi connectivity index (χ4v) is 2.77. The quantitative estimate of drug-likeness (QED) is 0.690. The molecule has 1 unspecified atom stereocenters.